The van der Waals surface area contributed by atoms with E-state index < -0.39 is 17.8 Å². The Morgan fingerprint density at radius 1 is 1.17 bits per heavy atom. The molecule has 0 aliphatic carbocycles. The van der Waals surface area contributed by atoms with Crippen molar-refractivity contribution in [3.63, 3.8) is 0 Å². The summed E-state index contributed by atoms with van der Waals surface area (Å²) in [4.78, 5) is 32.9. The van der Waals surface area contributed by atoms with Gasteiger partial charge in [0.2, 0.25) is 11.9 Å². The topological polar surface area (TPSA) is 98.7 Å². The number of amides is 2. The number of alkyl halides is 3. The van der Waals surface area contributed by atoms with Crippen LogP contribution in [-0.4, -0.2) is 64.7 Å². The van der Waals surface area contributed by atoms with Crippen LogP contribution in [0.25, 0.3) is 0 Å². The minimum atomic E-state index is -4.48. The smallest absolute Gasteiger partial charge is 0.419 e. The van der Waals surface area contributed by atoms with Crippen LogP contribution in [0.3, 0.4) is 0 Å². The lowest BCUT2D eigenvalue weighted by atomic mass is 10.3. The van der Waals surface area contributed by atoms with Gasteiger partial charge in [-0.25, -0.2) is 14.8 Å². The molecule has 132 valence electrons. The number of hydrogen-bond donors (Lipinski definition) is 2. The van der Waals surface area contributed by atoms with Crippen LogP contribution in [-0.2, 0) is 11.0 Å². The Kier molecular flexibility index (Phi) is 5.42. The Morgan fingerprint density at radius 3 is 2.25 bits per heavy atom. The van der Waals surface area contributed by atoms with Gasteiger partial charge in [-0.2, -0.15) is 13.2 Å². The predicted molar refractivity (Wildman–Crippen MR) is 76.5 cm³/mol. The van der Waals surface area contributed by atoms with Gasteiger partial charge in [0.05, 0.1) is 5.56 Å². The normalized spacial score (nSPS) is 15.3. The van der Waals surface area contributed by atoms with E-state index in [0.717, 1.165) is 12.4 Å². The molecule has 24 heavy (non-hydrogen) atoms. The summed E-state index contributed by atoms with van der Waals surface area (Å²) in [6, 6.07) is 0. The minimum Gasteiger partial charge on any atom is -0.465 e. The Bertz CT molecular complexity index is 586. The maximum atomic E-state index is 12.5. The summed E-state index contributed by atoms with van der Waals surface area (Å²) >= 11 is 0. The number of rotatable bonds is 4. The van der Waals surface area contributed by atoms with Crippen molar-refractivity contribution in [3.8, 4) is 0 Å². The lowest BCUT2D eigenvalue weighted by Gasteiger charge is -2.34. The number of piperazine rings is 1. The van der Waals surface area contributed by atoms with Crippen LogP contribution in [0.4, 0.5) is 23.9 Å². The SMILES string of the molecule is O=C(O)NCCC(=O)N1CCN(c2ncc(C(F)(F)F)cn2)CC1. The van der Waals surface area contributed by atoms with Gasteiger partial charge < -0.3 is 20.2 Å². The van der Waals surface area contributed by atoms with Gasteiger partial charge in [0.1, 0.15) is 0 Å². The van der Waals surface area contributed by atoms with Gasteiger partial charge in [-0.1, -0.05) is 0 Å². The molecule has 1 aliphatic heterocycles. The molecule has 8 nitrogen and oxygen atoms in total. The van der Waals surface area contributed by atoms with Crippen molar-refractivity contribution in [3.05, 3.63) is 18.0 Å². The number of carboxylic acid groups (broad SMARTS) is 1. The highest BCUT2D eigenvalue weighted by Crippen LogP contribution is 2.28. The summed E-state index contributed by atoms with van der Waals surface area (Å²) < 4.78 is 37.4. The van der Waals surface area contributed by atoms with E-state index in [9.17, 15) is 22.8 Å². The first-order valence-corrected chi connectivity index (χ1v) is 7.16. The van der Waals surface area contributed by atoms with E-state index in [4.69, 9.17) is 5.11 Å². The quantitative estimate of drug-likeness (QED) is 0.836. The van der Waals surface area contributed by atoms with E-state index in [1.165, 1.54) is 0 Å². The van der Waals surface area contributed by atoms with Crippen LogP contribution in [0.2, 0.25) is 0 Å². The molecule has 1 saturated heterocycles. The van der Waals surface area contributed by atoms with Gasteiger partial charge in [0.15, 0.2) is 0 Å². The number of anilines is 1. The van der Waals surface area contributed by atoms with E-state index in [-0.39, 0.29) is 24.8 Å². The van der Waals surface area contributed by atoms with Crippen molar-refractivity contribution in [2.24, 2.45) is 0 Å². The summed E-state index contributed by atoms with van der Waals surface area (Å²) in [6.07, 6.45) is -4.14. The van der Waals surface area contributed by atoms with E-state index >= 15 is 0 Å². The zero-order valence-corrected chi connectivity index (χ0v) is 12.6. The standard InChI is InChI=1S/C13H16F3N5O3/c14-13(15,16)9-7-18-11(19-8-9)21-5-3-20(4-6-21)10(22)1-2-17-12(23)24/h7-8,17H,1-6H2,(H,23,24). The summed E-state index contributed by atoms with van der Waals surface area (Å²) in [5.41, 5.74) is -0.911. The van der Waals surface area contributed by atoms with Crippen LogP contribution in [0.5, 0.6) is 0 Å². The lowest BCUT2D eigenvalue weighted by molar-refractivity contribution is -0.138. The van der Waals surface area contributed by atoms with E-state index in [1.807, 2.05) is 0 Å². The van der Waals surface area contributed by atoms with E-state index in [1.54, 1.807) is 9.80 Å². The van der Waals surface area contributed by atoms with Crippen molar-refractivity contribution in [2.45, 2.75) is 12.6 Å². The fourth-order valence-electron chi connectivity index (χ4n) is 2.22. The number of nitrogens with one attached hydrogen (secondary N) is 1. The number of carbonyl (C=O) groups is 2. The lowest BCUT2D eigenvalue weighted by Crippen LogP contribution is -2.49. The van der Waals surface area contributed by atoms with Gasteiger partial charge >= 0.3 is 12.3 Å². The predicted octanol–water partition coefficient (Wildman–Crippen LogP) is 0.802. The molecule has 0 bridgehead atoms. The second-order valence-corrected chi connectivity index (χ2v) is 5.12. The Labute approximate surface area is 135 Å². The molecule has 11 heteroatoms. The molecule has 0 aromatic carbocycles. The van der Waals surface area contributed by atoms with Gasteiger partial charge in [-0.15, -0.1) is 0 Å². The number of aromatic nitrogens is 2. The first-order valence-electron chi connectivity index (χ1n) is 7.16. The summed E-state index contributed by atoms with van der Waals surface area (Å²) in [7, 11) is 0. The highest BCUT2D eigenvalue weighted by Gasteiger charge is 2.32. The molecule has 1 aromatic rings. The minimum absolute atomic E-state index is 0.0381. The molecule has 2 heterocycles. The largest absolute Gasteiger partial charge is 0.465 e. The number of carbonyl (C=O) groups excluding carboxylic acids is 1. The first-order chi connectivity index (χ1) is 11.3. The van der Waals surface area contributed by atoms with E-state index in [2.05, 4.69) is 15.3 Å². The van der Waals surface area contributed by atoms with Crippen LogP contribution >= 0.6 is 0 Å². The third-order valence-electron chi connectivity index (χ3n) is 3.50. The van der Waals surface area contributed by atoms with Crippen LogP contribution in [0.15, 0.2) is 12.4 Å². The van der Waals surface area contributed by atoms with Crippen molar-refractivity contribution in [1.82, 2.24) is 20.2 Å². The molecular formula is C13H16F3N5O3. The van der Waals surface area contributed by atoms with Crippen LogP contribution in [0, 0.1) is 0 Å². The van der Waals surface area contributed by atoms with Gasteiger partial charge in [0, 0.05) is 51.5 Å². The molecule has 2 rings (SSSR count). The zero-order chi connectivity index (χ0) is 17.7. The number of halogens is 3. The zero-order valence-electron chi connectivity index (χ0n) is 12.6. The van der Waals surface area contributed by atoms with E-state index in [0.29, 0.717) is 26.2 Å². The molecule has 0 unspecified atom stereocenters. The first kappa shape index (κ1) is 17.8. The third-order valence-corrected chi connectivity index (χ3v) is 3.50. The molecule has 2 N–H and O–H groups in total. The third kappa shape index (κ3) is 4.70. The average molecular weight is 347 g/mol. The molecule has 2 amide bonds. The molecule has 0 atom stereocenters. The Hall–Kier alpha value is -2.59. The highest BCUT2D eigenvalue weighted by atomic mass is 19.4. The van der Waals surface area contributed by atoms with Crippen LogP contribution in [0.1, 0.15) is 12.0 Å². The maximum Gasteiger partial charge on any atom is 0.419 e. The van der Waals surface area contributed by atoms with Crippen LogP contribution < -0.4 is 10.2 Å². The fraction of sp³-hybridized carbons (Fsp3) is 0.538. The molecule has 0 radical (unpaired) electrons. The van der Waals surface area contributed by atoms with Crippen molar-refractivity contribution < 1.29 is 27.9 Å². The Balaban J connectivity index is 1.84. The monoisotopic (exact) mass is 347 g/mol. The second kappa shape index (κ2) is 7.32. The molecular weight excluding hydrogens is 331 g/mol. The number of nitrogens with zero attached hydrogens (tertiary/aromatic N) is 4. The molecule has 0 spiro atoms. The summed E-state index contributed by atoms with van der Waals surface area (Å²) in [5, 5.41) is 10.6. The highest BCUT2D eigenvalue weighted by molar-refractivity contribution is 5.77. The van der Waals surface area contributed by atoms with Gasteiger partial charge in [0.25, 0.3) is 0 Å². The molecule has 0 saturated carbocycles. The van der Waals surface area contributed by atoms with Crippen molar-refractivity contribution >= 4 is 17.9 Å². The summed E-state index contributed by atoms with van der Waals surface area (Å²) in [6.45, 7) is 1.57. The molecule has 1 aliphatic rings. The fourth-order valence-corrected chi connectivity index (χ4v) is 2.22. The average Bonchev–Trinajstić information content (AvgIpc) is 2.54. The van der Waals surface area contributed by atoms with Crippen molar-refractivity contribution in [2.75, 3.05) is 37.6 Å². The second-order valence-electron chi connectivity index (χ2n) is 5.12. The molecule has 1 fully saturated rings. The summed E-state index contributed by atoms with van der Waals surface area (Å²) in [5.74, 6) is -0.000574. The maximum absolute atomic E-state index is 12.5. The number of hydrogen-bond acceptors (Lipinski definition) is 5. The van der Waals surface area contributed by atoms with Crippen molar-refractivity contribution in [1.29, 1.82) is 0 Å². The van der Waals surface area contributed by atoms with Gasteiger partial charge in [-0.05, 0) is 0 Å². The van der Waals surface area contributed by atoms with Gasteiger partial charge in [-0.3, -0.25) is 4.79 Å². The molecule has 1 aromatic heterocycles. The Morgan fingerprint density at radius 2 is 1.75 bits per heavy atom.